The first-order valence-electron chi connectivity index (χ1n) is 10.3. The molecule has 2 aromatic rings. The van der Waals surface area contributed by atoms with E-state index in [2.05, 4.69) is 21.6 Å². The topological polar surface area (TPSA) is 61.4 Å². The lowest BCUT2D eigenvalue weighted by molar-refractivity contribution is -0.119. The Hall–Kier alpha value is -2.24. The minimum absolute atomic E-state index is 0.0614. The lowest BCUT2D eigenvalue weighted by atomic mass is 9.97. The summed E-state index contributed by atoms with van der Waals surface area (Å²) in [4.78, 5) is 28.2. The van der Waals surface area contributed by atoms with Crippen LogP contribution in [0.2, 0.25) is 10.0 Å². The van der Waals surface area contributed by atoms with Crippen LogP contribution in [0.4, 0.5) is 11.4 Å². The van der Waals surface area contributed by atoms with Crippen LogP contribution in [0.5, 0.6) is 0 Å². The number of amides is 2. The Morgan fingerprint density at radius 2 is 1.83 bits per heavy atom. The predicted molar refractivity (Wildman–Crippen MR) is 124 cm³/mol. The van der Waals surface area contributed by atoms with Gasteiger partial charge in [-0.2, -0.15) is 0 Å². The SMILES string of the molecule is CC[C@@H](C)[C@H](NC(=O)c1cc(Cl)ccc1Cl)C(=O)Nc1cccc(N2CCCC2)c1. The molecule has 1 saturated heterocycles. The fourth-order valence-electron chi connectivity index (χ4n) is 3.57. The van der Waals surface area contributed by atoms with E-state index in [1.165, 1.54) is 18.9 Å². The third-order valence-corrected chi connectivity index (χ3v) is 6.10. The van der Waals surface area contributed by atoms with Gasteiger partial charge in [-0.15, -0.1) is 0 Å². The molecule has 2 N–H and O–H groups in total. The van der Waals surface area contributed by atoms with Gasteiger partial charge in [-0.1, -0.05) is 49.5 Å². The first kappa shape index (κ1) is 22.4. The minimum atomic E-state index is -0.701. The van der Waals surface area contributed by atoms with Crippen molar-refractivity contribution >= 4 is 46.4 Å². The summed E-state index contributed by atoms with van der Waals surface area (Å²) in [5.74, 6) is -0.739. The van der Waals surface area contributed by atoms with Crippen molar-refractivity contribution in [3.05, 3.63) is 58.1 Å². The van der Waals surface area contributed by atoms with E-state index in [-0.39, 0.29) is 17.4 Å². The molecular weight excluding hydrogens is 421 g/mol. The van der Waals surface area contributed by atoms with Gasteiger partial charge in [0.15, 0.2) is 0 Å². The molecule has 160 valence electrons. The van der Waals surface area contributed by atoms with Crippen LogP contribution < -0.4 is 15.5 Å². The first-order valence-corrected chi connectivity index (χ1v) is 11.1. The fourth-order valence-corrected chi connectivity index (χ4v) is 3.94. The van der Waals surface area contributed by atoms with Gasteiger partial charge < -0.3 is 15.5 Å². The molecule has 2 aromatic carbocycles. The number of nitrogens with zero attached hydrogens (tertiary/aromatic N) is 1. The zero-order chi connectivity index (χ0) is 21.7. The number of hydrogen-bond donors (Lipinski definition) is 2. The van der Waals surface area contributed by atoms with Gasteiger partial charge in [0, 0.05) is 29.5 Å². The van der Waals surface area contributed by atoms with E-state index in [1.54, 1.807) is 12.1 Å². The normalized spacial score (nSPS) is 15.5. The largest absolute Gasteiger partial charge is 0.371 e. The molecule has 1 aliphatic rings. The lowest BCUT2D eigenvalue weighted by Crippen LogP contribution is -2.47. The van der Waals surface area contributed by atoms with Crippen molar-refractivity contribution in [2.45, 2.75) is 39.2 Å². The zero-order valence-corrected chi connectivity index (χ0v) is 18.8. The number of nitrogens with one attached hydrogen (secondary N) is 2. The van der Waals surface area contributed by atoms with Crippen molar-refractivity contribution in [1.29, 1.82) is 0 Å². The Labute approximate surface area is 187 Å². The summed E-state index contributed by atoms with van der Waals surface area (Å²) in [6.45, 7) is 5.98. The van der Waals surface area contributed by atoms with E-state index >= 15 is 0 Å². The molecule has 1 fully saturated rings. The van der Waals surface area contributed by atoms with Crippen LogP contribution in [0.1, 0.15) is 43.5 Å². The number of hydrogen-bond acceptors (Lipinski definition) is 3. The van der Waals surface area contributed by atoms with Gasteiger partial charge in [0.25, 0.3) is 5.91 Å². The van der Waals surface area contributed by atoms with Crippen molar-refractivity contribution in [3.8, 4) is 0 Å². The summed E-state index contributed by atoms with van der Waals surface area (Å²) < 4.78 is 0. The fraction of sp³-hybridized carbons (Fsp3) is 0.391. The second-order valence-electron chi connectivity index (χ2n) is 7.69. The number of anilines is 2. The third-order valence-electron chi connectivity index (χ3n) is 5.54. The molecule has 1 heterocycles. The van der Waals surface area contributed by atoms with E-state index in [4.69, 9.17) is 23.2 Å². The number of carbonyl (C=O) groups excluding carboxylic acids is 2. The molecule has 2 amide bonds. The first-order chi connectivity index (χ1) is 14.4. The molecule has 30 heavy (non-hydrogen) atoms. The molecule has 0 aliphatic carbocycles. The molecule has 0 bridgehead atoms. The molecule has 3 rings (SSSR count). The Kier molecular flexibility index (Phi) is 7.62. The molecule has 5 nitrogen and oxygen atoms in total. The highest BCUT2D eigenvalue weighted by Crippen LogP contribution is 2.24. The van der Waals surface area contributed by atoms with Gasteiger partial charge in [-0.05, 0) is 55.2 Å². The van der Waals surface area contributed by atoms with Crippen LogP contribution in [0, 0.1) is 5.92 Å². The second kappa shape index (κ2) is 10.2. The minimum Gasteiger partial charge on any atom is -0.371 e. The predicted octanol–water partition coefficient (Wildman–Crippen LogP) is 5.38. The Balaban J connectivity index is 1.75. The monoisotopic (exact) mass is 447 g/mol. The van der Waals surface area contributed by atoms with Gasteiger partial charge in [-0.25, -0.2) is 0 Å². The second-order valence-corrected chi connectivity index (χ2v) is 8.54. The third kappa shape index (κ3) is 5.46. The van der Waals surface area contributed by atoms with Crippen molar-refractivity contribution in [2.24, 2.45) is 5.92 Å². The average Bonchev–Trinajstić information content (AvgIpc) is 3.28. The van der Waals surface area contributed by atoms with E-state index < -0.39 is 11.9 Å². The van der Waals surface area contributed by atoms with Crippen molar-refractivity contribution in [3.63, 3.8) is 0 Å². The Morgan fingerprint density at radius 1 is 1.10 bits per heavy atom. The summed E-state index contributed by atoms with van der Waals surface area (Å²) in [7, 11) is 0. The quantitative estimate of drug-likeness (QED) is 0.598. The van der Waals surface area contributed by atoms with Crippen LogP contribution >= 0.6 is 23.2 Å². The van der Waals surface area contributed by atoms with Gasteiger partial charge in [-0.3, -0.25) is 9.59 Å². The summed E-state index contributed by atoms with van der Waals surface area (Å²) in [6.07, 6.45) is 3.10. The number of rotatable bonds is 7. The Bertz CT molecular complexity index is 913. The molecule has 0 radical (unpaired) electrons. The smallest absolute Gasteiger partial charge is 0.253 e. The van der Waals surface area contributed by atoms with Crippen molar-refractivity contribution < 1.29 is 9.59 Å². The molecule has 0 aromatic heterocycles. The number of carbonyl (C=O) groups is 2. The average molecular weight is 448 g/mol. The number of benzene rings is 2. The maximum atomic E-state index is 13.1. The van der Waals surface area contributed by atoms with Crippen molar-refractivity contribution in [1.82, 2.24) is 5.32 Å². The summed E-state index contributed by atoms with van der Waals surface area (Å²) in [5.41, 5.74) is 2.06. The molecule has 0 unspecified atom stereocenters. The maximum Gasteiger partial charge on any atom is 0.253 e. The highest BCUT2D eigenvalue weighted by Gasteiger charge is 2.27. The van der Waals surface area contributed by atoms with E-state index in [0.717, 1.165) is 25.2 Å². The number of halogens is 2. The molecule has 7 heteroatoms. The molecular formula is C23H27Cl2N3O2. The molecule has 0 saturated carbocycles. The van der Waals surface area contributed by atoms with Crippen LogP contribution in [0.15, 0.2) is 42.5 Å². The highest BCUT2D eigenvalue weighted by molar-refractivity contribution is 6.35. The van der Waals surface area contributed by atoms with Gasteiger partial charge >= 0.3 is 0 Å². The lowest BCUT2D eigenvalue weighted by Gasteiger charge is -2.24. The maximum absolute atomic E-state index is 13.1. The van der Waals surface area contributed by atoms with E-state index in [9.17, 15) is 9.59 Å². The molecule has 2 atom stereocenters. The van der Waals surface area contributed by atoms with Gasteiger partial charge in [0.05, 0.1) is 10.6 Å². The van der Waals surface area contributed by atoms with E-state index in [1.807, 2.05) is 32.0 Å². The van der Waals surface area contributed by atoms with Gasteiger partial charge in [0.1, 0.15) is 6.04 Å². The van der Waals surface area contributed by atoms with Crippen LogP contribution in [-0.4, -0.2) is 30.9 Å². The van der Waals surface area contributed by atoms with Crippen LogP contribution in [0.3, 0.4) is 0 Å². The van der Waals surface area contributed by atoms with Crippen LogP contribution in [0.25, 0.3) is 0 Å². The highest BCUT2D eigenvalue weighted by atomic mass is 35.5. The van der Waals surface area contributed by atoms with Gasteiger partial charge in [0.2, 0.25) is 5.91 Å². The summed E-state index contributed by atoms with van der Waals surface area (Å²) >= 11 is 12.2. The molecule has 0 spiro atoms. The summed E-state index contributed by atoms with van der Waals surface area (Å²) in [5, 5.41) is 6.50. The standard InChI is InChI=1S/C23H27Cl2N3O2/c1-3-15(2)21(27-22(29)19-13-16(24)9-10-20(19)25)23(30)26-17-7-6-8-18(14-17)28-11-4-5-12-28/h6-10,13-15,21H,3-5,11-12H2,1-2H3,(H,26,30)(H,27,29)/t15-,21+/m1/s1. The zero-order valence-electron chi connectivity index (χ0n) is 17.3. The Morgan fingerprint density at radius 3 is 2.53 bits per heavy atom. The van der Waals surface area contributed by atoms with Crippen molar-refractivity contribution in [2.75, 3.05) is 23.3 Å². The summed E-state index contributed by atoms with van der Waals surface area (Å²) in [6, 6.07) is 11.8. The molecule has 1 aliphatic heterocycles. The van der Waals surface area contributed by atoms with Crippen LogP contribution in [-0.2, 0) is 4.79 Å². The van der Waals surface area contributed by atoms with E-state index in [0.29, 0.717) is 15.7 Å².